The summed E-state index contributed by atoms with van der Waals surface area (Å²) in [6.07, 6.45) is 1.88. The number of rotatable bonds is 2. The summed E-state index contributed by atoms with van der Waals surface area (Å²) in [6, 6.07) is 1.89. The van der Waals surface area contributed by atoms with Gasteiger partial charge in [-0.1, -0.05) is 11.3 Å². The summed E-state index contributed by atoms with van der Waals surface area (Å²) in [5.41, 5.74) is -0.813. The maximum Gasteiger partial charge on any atom is 0.407 e. The molecule has 0 radical (unpaired) electrons. The third-order valence-corrected chi connectivity index (χ3v) is 5.54. The number of thiazole rings is 1. The van der Waals surface area contributed by atoms with Crippen LogP contribution in [0.4, 0.5) is 4.79 Å². The van der Waals surface area contributed by atoms with Gasteiger partial charge in [-0.3, -0.25) is 9.69 Å². The third-order valence-electron chi connectivity index (χ3n) is 4.49. The van der Waals surface area contributed by atoms with E-state index in [0.717, 1.165) is 6.42 Å². The van der Waals surface area contributed by atoms with Crippen LogP contribution < -0.4 is 5.56 Å². The molecule has 1 atom stereocenters. The van der Waals surface area contributed by atoms with Gasteiger partial charge in [0.15, 0.2) is 10.3 Å². The highest BCUT2D eigenvalue weighted by Crippen LogP contribution is 2.46. The molecule has 118 valence electrons. The molecule has 2 aromatic rings. The fraction of sp³-hybridized carbons (Fsp3) is 0.500. The average molecular weight is 331 g/mol. The van der Waals surface area contributed by atoms with Gasteiger partial charge in [-0.05, 0) is 25.7 Å². The lowest BCUT2D eigenvalue weighted by atomic mass is 10.1. The summed E-state index contributed by atoms with van der Waals surface area (Å²) < 4.78 is 0. The first-order valence-corrected chi connectivity index (χ1v) is 8.18. The minimum absolute atomic E-state index is 0.222. The number of aromatic nitrogens is 3. The van der Waals surface area contributed by atoms with Crippen LogP contribution in [0, 0.1) is 11.3 Å². The van der Waals surface area contributed by atoms with Gasteiger partial charge in [0.25, 0.3) is 5.56 Å². The van der Waals surface area contributed by atoms with Crippen LogP contribution in [0.25, 0.3) is 10.3 Å². The van der Waals surface area contributed by atoms with E-state index in [2.05, 4.69) is 21.0 Å². The smallest absolute Gasteiger partial charge is 0.407 e. The number of carbonyl (C=O) groups is 1. The molecule has 2 aromatic heterocycles. The molecular formula is C14H13N5O3S. The molecule has 2 fully saturated rings. The van der Waals surface area contributed by atoms with Gasteiger partial charge in [-0.15, -0.1) is 0 Å². The first kappa shape index (κ1) is 14.1. The molecule has 1 aliphatic carbocycles. The highest BCUT2D eigenvalue weighted by Gasteiger charge is 2.48. The van der Waals surface area contributed by atoms with Gasteiger partial charge < -0.3 is 10.1 Å². The van der Waals surface area contributed by atoms with Crippen molar-refractivity contribution in [2.24, 2.45) is 0 Å². The number of nitriles is 1. The number of amides is 1. The van der Waals surface area contributed by atoms with Gasteiger partial charge in [0.05, 0.1) is 12.1 Å². The van der Waals surface area contributed by atoms with Crippen LogP contribution in [0.3, 0.4) is 0 Å². The van der Waals surface area contributed by atoms with Crippen LogP contribution in [0.1, 0.15) is 42.6 Å². The SMILES string of the molecule is N#CC1(c2nc3sc([C@H]4CCCN4C(=O)O)nc3c(=O)[nH]2)CC1. The van der Waals surface area contributed by atoms with Crippen molar-refractivity contribution >= 4 is 27.8 Å². The lowest BCUT2D eigenvalue weighted by molar-refractivity contribution is 0.140. The Labute approximate surface area is 134 Å². The van der Waals surface area contributed by atoms with Gasteiger partial charge in [-0.2, -0.15) is 5.26 Å². The zero-order chi connectivity index (χ0) is 16.2. The molecule has 1 amide bonds. The normalized spacial score (nSPS) is 22.2. The number of likely N-dealkylation sites (tertiary alicyclic amines) is 1. The van der Waals surface area contributed by atoms with E-state index in [1.54, 1.807) is 0 Å². The Morgan fingerprint density at radius 3 is 2.91 bits per heavy atom. The third kappa shape index (κ3) is 2.09. The van der Waals surface area contributed by atoms with Crippen LogP contribution in [0.2, 0.25) is 0 Å². The fourth-order valence-corrected chi connectivity index (χ4v) is 4.08. The number of carboxylic acid groups (broad SMARTS) is 1. The summed E-state index contributed by atoms with van der Waals surface area (Å²) in [7, 11) is 0. The molecule has 0 unspecified atom stereocenters. The lowest BCUT2D eigenvalue weighted by Crippen LogP contribution is -2.28. The summed E-state index contributed by atoms with van der Waals surface area (Å²) in [5, 5.41) is 19.1. The van der Waals surface area contributed by atoms with Gasteiger partial charge >= 0.3 is 6.09 Å². The van der Waals surface area contributed by atoms with Gasteiger partial charge in [-0.25, -0.2) is 14.8 Å². The van der Waals surface area contributed by atoms with Gasteiger partial charge in [0.1, 0.15) is 16.2 Å². The number of aromatic amines is 1. The van der Waals surface area contributed by atoms with E-state index in [9.17, 15) is 20.0 Å². The van der Waals surface area contributed by atoms with Crippen molar-refractivity contribution in [3.63, 3.8) is 0 Å². The largest absolute Gasteiger partial charge is 0.465 e. The molecule has 1 saturated heterocycles. The minimum atomic E-state index is -0.976. The first-order valence-electron chi connectivity index (χ1n) is 7.36. The standard InChI is InChI=1S/C14H13N5O3S/c15-6-14(3-4-14)12-17-9(20)8-11(18-12)23-10(16-8)7-2-1-5-19(7)13(21)22/h7H,1-5H2,(H,21,22)(H,17,18,20)/t7-/m1/s1. The summed E-state index contributed by atoms with van der Waals surface area (Å²) in [6.45, 7) is 0.475. The molecule has 8 nitrogen and oxygen atoms in total. The predicted molar refractivity (Wildman–Crippen MR) is 81.3 cm³/mol. The van der Waals surface area contributed by atoms with Crippen molar-refractivity contribution in [1.82, 2.24) is 19.9 Å². The van der Waals surface area contributed by atoms with Crippen LogP contribution in [0.15, 0.2) is 4.79 Å². The van der Waals surface area contributed by atoms with Gasteiger partial charge in [0, 0.05) is 6.54 Å². The molecule has 2 N–H and O–H groups in total. The highest BCUT2D eigenvalue weighted by atomic mass is 32.1. The van der Waals surface area contributed by atoms with E-state index in [0.29, 0.717) is 41.5 Å². The second-order valence-electron chi connectivity index (χ2n) is 5.95. The molecule has 0 aromatic carbocycles. The second-order valence-corrected chi connectivity index (χ2v) is 6.96. The topological polar surface area (TPSA) is 123 Å². The highest BCUT2D eigenvalue weighted by molar-refractivity contribution is 7.18. The van der Waals surface area contributed by atoms with E-state index < -0.39 is 11.5 Å². The molecule has 1 saturated carbocycles. The minimum Gasteiger partial charge on any atom is -0.465 e. The van der Waals surface area contributed by atoms with Crippen molar-refractivity contribution in [2.75, 3.05) is 6.54 Å². The second kappa shape index (κ2) is 4.76. The summed E-state index contributed by atoms with van der Waals surface area (Å²) in [4.78, 5) is 36.8. The number of fused-ring (bicyclic) bond motifs is 1. The van der Waals surface area contributed by atoms with Crippen LogP contribution >= 0.6 is 11.3 Å². The Bertz CT molecular complexity index is 907. The number of hydrogen-bond donors (Lipinski definition) is 2. The van der Waals surface area contributed by atoms with E-state index in [1.165, 1.54) is 16.2 Å². The Morgan fingerprint density at radius 1 is 1.48 bits per heavy atom. The molecule has 9 heteroatoms. The molecular weight excluding hydrogens is 318 g/mol. The Kier molecular flexibility index (Phi) is 2.93. The van der Waals surface area contributed by atoms with E-state index in [1.807, 2.05) is 0 Å². The van der Waals surface area contributed by atoms with Crippen molar-refractivity contribution in [3.8, 4) is 6.07 Å². The molecule has 4 rings (SSSR count). The Balaban J connectivity index is 1.80. The number of hydrogen-bond acceptors (Lipinski definition) is 6. The summed E-state index contributed by atoms with van der Waals surface area (Å²) >= 11 is 1.24. The number of nitrogens with zero attached hydrogens (tertiary/aromatic N) is 4. The van der Waals surface area contributed by atoms with Gasteiger partial charge in [0.2, 0.25) is 0 Å². The fourth-order valence-electron chi connectivity index (χ4n) is 3.00. The lowest BCUT2D eigenvalue weighted by Gasteiger charge is -2.18. The Morgan fingerprint density at radius 2 is 2.26 bits per heavy atom. The van der Waals surface area contributed by atoms with E-state index >= 15 is 0 Å². The van der Waals surface area contributed by atoms with Crippen molar-refractivity contribution in [1.29, 1.82) is 5.26 Å². The first-order chi connectivity index (χ1) is 11.0. The van der Waals surface area contributed by atoms with Crippen LogP contribution in [-0.4, -0.2) is 37.6 Å². The number of nitrogens with one attached hydrogen (secondary N) is 1. The molecule has 1 aliphatic heterocycles. The molecule has 2 aliphatic rings. The van der Waals surface area contributed by atoms with Crippen LogP contribution in [-0.2, 0) is 5.41 Å². The van der Waals surface area contributed by atoms with Crippen molar-refractivity contribution in [3.05, 3.63) is 21.2 Å². The van der Waals surface area contributed by atoms with Crippen molar-refractivity contribution in [2.45, 2.75) is 37.1 Å². The zero-order valence-corrected chi connectivity index (χ0v) is 12.9. The Hall–Kier alpha value is -2.47. The van der Waals surface area contributed by atoms with Crippen molar-refractivity contribution < 1.29 is 9.90 Å². The maximum absolute atomic E-state index is 12.2. The number of H-pyrrole nitrogens is 1. The molecule has 23 heavy (non-hydrogen) atoms. The molecule has 0 bridgehead atoms. The quantitative estimate of drug-likeness (QED) is 0.864. The predicted octanol–water partition coefficient (Wildman–Crippen LogP) is 1.75. The summed E-state index contributed by atoms with van der Waals surface area (Å²) in [5.74, 6) is 0.397. The van der Waals surface area contributed by atoms with E-state index in [4.69, 9.17) is 0 Å². The zero-order valence-electron chi connectivity index (χ0n) is 12.1. The van der Waals surface area contributed by atoms with Crippen LogP contribution in [0.5, 0.6) is 0 Å². The molecule has 0 spiro atoms. The maximum atomic E-state index is 12.2. The average Bonchev–Trinajstić information content (AvgIpc) is 2.97. The van der Waals surface area contributed by atoms with E-state index in [-0.39, 0.29) is 17.1 Å². The monoisotopic (exact) mass is 331 g/mol. The molecule has 3 heterocycles.